The first kappa shape index (κ1) is 10.0. The van der Waals surface area contributed by atoms with Crippen LogP contribution in [0, 0.1) is 5.92 Å². The zero-order valence-corrected chi connectivity index (χ0v) is 9.65. The quantitative estimate of drug-likeness (QED) is 0.789. The standard InChI is InChI=1S/C12H19NS/c1-2-10-4-3-5-11(8-10)13-12-6-7-14-9-12/h6-7,9-11,13H,2-5,8H2,1H3. The Bertz CT molecular complexity index is 255. The van der Waals surface area contributed by atoms with Gasteiger partial charge in [-0.25, -0.2) is 0 Å². The summed E-state index contributed by atoms with van der Waals surface area (Å²) in [6, 6.07) is 2.91. The van der Waals surface area contributed by atoms with Crippen LogP contribution in [-0.2, 0) is 0 Å². The van der Waals surface area contributed by atoms with Crippen molar-refractivity contribution in [2.45, 2.75) is 45.1 Å². The van der Waals surface area contributed by atoms with Gasteiger partial charge in [-0.2, -0.15) is 11.3 Å². The van der Waals surface area contributed by atoms with Crippen LogP contribution in [0.25, 0.3) is 0 Å². The van der Waals surface area contributed by atoms with E-state index >= 15 is 0 Å². The normalized spacial score (nSPS) is 27.5. The van der Waals surface area contributed by atoms with Crippen molar-refractivity contribution in [3.05, 3.63) is 16.8 Å². The van der Waals surface area contributed by atoms with Crippen molar-refractivity contribution in [2.75, 3.05) is 5.32 Å². The molecule has 1 aromatic rings. The van der Waals surface area contributed by atoms with Gasteiger partial charge >= 0.3 is 0 Å². The Hall–Kier alpha value is -0.500. The van der Waals surface area contributed by atoms with E-state index in [4.69, 9.17) is 0 Å². The molecule has 1 aromatic heterocycles. The molecule has 0 saturated heterocycles. The molecule has 0 aromatic carbocycles. The summed E-state index contributed by atoms with van der Waals surface area (Å²) in [7, 11) is 0. The van der Waals surface area contributed by atoms with Gasteiger partial charge in [0.2, 0.25) is 0 Å². The van der Waals surface area contributed by atoms with E-state index in [9.17, 15) is 0 Å². The fraction of sp³-hybridized carbons (Fsp3) is 0.667. The van der Waals surface area contributed by atoms with Crippen LogP contribution >= 0.6 is 11.3 Å². The molecule has 1 heterocycles. The van der Waals surface area contributed by atoms with Gasteiger partial charge in [-0.15, -0.1) is 0 Å². The third-order valence-corrected chi connectivity index (χ3v) is 3.94. The van der Waals surface area contributed by atoms with E-state index in [1.54, 1.807) is 11.3 Å². The summed E-state index contributed by atoms with van der Waals surface area (Å²) in [5.41, 5.74) is 1.32. The van der Waals surface area contributed by atoms with Gasteiger partial charge in [-0.1, -0.05) is 26.2 Å². The number of rotatable bonds is 3. The van der Waals surface area contributed by atoms with Crippen LogP contribution in [0.1, 0.15) is 39.0 Å². The average molecular weight is 209 g/mol. The highest BCUT2D eigenvalue weighted by molar-refractivity contribution is 7.08. The maximum Gasteiger partial charge on any atom is 0.0450 e. The van der Waals surface area contributed by atoms with Crippen molar-refractivity contribution in [1.82, 2.24) is 0 Å². The predicted octanol–water partition coefficient (Wildman–Crippen LogP) is 4.13. The second kappa shape index (κ2) is 4.83. The number of hydrogen-bond acceptors (Lipinski definition) is 2. The molecule has 2 atom stereocenters. The topological polar surface area (TPSA) is 12.0 Å². The lowest BCUT2D eigenvalue weighted by Gasteiger charge is -2.29. The van der Waals surface area contributed by atoms with Gasteiger partial charge in [0.25, 0.3) is 0 Å². The highest BCUT2D eigenvalue weighted by atomic mass is 32.1. The molecule has 1 fully saturated rings. The second-order valence-electron chi connectivity index (χ2n) is 4.29. The molecule has 0 aliphatic heterocycles. The largest absolute Gasteiger partial charge is 0.382 e. The summed E-state index contributed by atoms with van der Waals surface area (Å²) in [5.74, 6) is 0.958. The van der Waals surface area contributed by atoms with Crippen LogP contribution in [0.15, 0.2) is 16.8 Å². The fourth-order valence-corrected chi connectivity index (χ4v) is 2.97. The first-order chi connectivity index (χ1) is 6.88. The Labute approximate surface area is 90.5 Å². The van der Waals surface area contributed by atoms with Crippen LogP contribution in [0.5, 0.6) is 0 Å². The smallest absolute Gasteiger partial charge is 0.0450 e. The molecular weight excluding hydrogens is 190 g/mol. The molecule has 1 saturated carbocycles. The summed E-state index contributed by atoms with van der Waals surface area (Å²) in [5, 5.41) is 7.98. The summed E-state index contributed by atoms with van der Waals surface area (Å²) >= 11 is 1.77. The summed E-state index contributed by atoms with van der Waals surface area (Å²) < 4.78 is 0. The van der Waals surface area contributed by atoms with Crippen molar-refractivity contribution in [3.63, 3.8) is 0 Å². The maximum atomic E-state index is 3.64. The number of thiophene rings is 1. The number of nitrogens with one attached hydrogen (secondary N) is 1. The Balaban J connectivity index is 1.86. The molecule has 0 amide bonds. The molecular formula is C12H19NS. The molecule has 0 radical (unpaired) electrons. The van der Waals surface area contributed by atoms with E-state index in [1.165, 1.54) is 37.8 Å². The molecule has 0 spiro atoms. The van der Waals surface area contributed by atoms with E-state index in [1.807, 2.05) is 0 Å². The Kier molecular flexibility index (Phi) is 3.46. The zero-order chi connectivity index (χ0) is 9.80. The maximum absolute atomic E-state index is 3.64. The fourth-order valence-electron chi connectivity index (χ4n) is 2.38. The summed E-state index contributed by atoms with van der Waals surface area (Å²) in [4.78, 5) is 0. The molecule has 1 aliphatic rings. The zero-order valence-electron chi connectivity index (χ0n) is 8.83. The molecule has 1 nitrogen and oxygen atoms in total. The van der Waals surface area contributed by atoms with Gasteiger partial charge in [0, 0.05) is 17.1 Å². The van der Waals surface area contributed by atoms with Crippen molar-refractivity contribution in [1.29, 1.82) is 0 Å². The first-order valence-corrected chi connectivity index (χ1v) is 6.61. The van der Waals surface area contributed by atoms with E-state index < -0.39 is 0 Å². The molecule has 1 aliphatic carbocycles. The van der Waals surface area contributed by atoms with Crippen molar-refractivity contribution >= 4 is 17.0 Å². The highest BCUT2D eigenvalue weighted by Gasteiger charge is 2.20. The van der Waals surface area contributed by atoms with E-state index in [0.717, 1.165) is 12.0 Å². The molecule has 2 unspecified atom stereocenters. The lowest BCUT2D eigenvalue weighted by molar-refractivity contribution is 0.327. The molecule has 2 heteroatoms. The van der Waals surface area contributed by atoms with Gasteiger partial charge in [-0.3, -0.25) is 0 Å². The van der Waals surface area contributed by atoms with Crippen molar-refractivity contribution in [2.24, 2.45) is 5.92 Å². The van der Waals surface area contributed by atoms with Crippen LogP contribution in [0.3, 0.4) is 0 Å². The summed E-state index contributed by atoms with van der Waals surface area (Å²) in [6.45, 7) is 2.32. The van der Waals surface area contributed by atoms with Crippen LogP contribution in [0.4, 0.5) is 5.69 Å². The minimum absolute atomic E-state index is 0.725. The second-order valence-corrected chi connectivity index (χ2v) is 5.07. The van der Waals surface area contributed by atoms with Crippen LogP contribution in [0.2, 0.25) is 0 Å². The Morgan fingerprint density at radius 1 is 1.50 bits per heavy atom. The first-order valence-electron chi connectivity index (χ1n) is 5.67. The number of hydrogen-bond donors (Lipinski definition) is 1. The van der Waals surface area contributed by atoms with Crippen molar-refractivity contribution in [3.8, 4) is 0 Å². The molecule has 2 rings (SSSR count). The monoisotopic (exact) mass is 209 g/mol. The minimum Gasteiger partial charge on any atom is -0.382 e. The van der Waals surface area contributed by atoms with Gasteiger partial charge in [0.05, 0.1) is 0 Å². The molecule has 78 valence electrons. The summed E-state index contributed by atoms with van der Waals surface area (Å²) in [6.07, 6.45) is 6.92. The average Bonchev–Trinajstić information content (AvgIpc) is 2.71. The van der Waals surface area contributed by atoms with Crippen LogP contribution in [-0.4, -0.2) is 6.04 Å². The predicted molar refractivity (Wildman–Crippen MR) is 64.0 cm³/mol. The minimum atomic E-state index is 0.725. The van der Waals surface area contributed by atoms with E-state index in [0.29, 0.717) is 0 Å². The van der Waals surface area contributed by atoms with Gasteiger partial charge < -0.3 is 5.32 Å². The molecule has 0 bridgehead atoms. The van der Waals surface area contributed by atoms with Crippen LogP contribution < -0.4 is 5.32 Å². The van der Waals surface area contributed by atoms with Gasteiger partial charge in [0.15, 0.2) is 0 Å². The third-order valence-electron chi connectivity index (χ3n) is 3.25. The van der Waals surface area contributed by atoms with E-state index in [-0.39, 0.29) is 0 Å². The van der Waals surface area contributed by atoms with Crippen molar-refractivity contribution < 1.29 is 0 Å². The lowest BCUT2D eigenvalue weighted by atomic mass is 9.84. The highest BCUT2D eigenvalue weighted by Crippen LogP contribution is 2.28. The Morgan fingerprint density at radius 2 is 2.43 bits per heavy atom. The van der Waals surface area contributed by atoms with E-state index in [2.05, 4.69) is 29.1 Å². The SMILES string of the molecule is CCC1CCCC(Nc2ccsc2)C1. The molecule has 1 N–H and O–H groups in total. The number of anilines is 1. The third kappa shape index (κ3) is 2.50. The Morgan fingerprint density at radius 3 is 3.14 bits per heavy atom. The molecule has 14 heavy (non-hydrogen) atoms. The van der Waals surface area contributed by atoms with Gasteiger partial charge in [0.1, 0.15) is 0 Å². The van der Waals surface area contributed by atoms with Gasteiger partial charge in [-0.05, 0) is 30.2 Å². The lowest BCUT2D eigenvalue weighted by Crippen LogP contribution is -2.26.